The molecular formula is C26H36ClIrN2O2. The molecule has 0 amide bonds. The zero-order valence-electron chi connectivity index (χ0n) is 20.4. The predicted molar refractivity (Wildman–Crippen MR) is 133 cm³/mol. The Hall–Kier alpha value is -1.55. The molecule has 0 heterocycles. The van der Waals surface area contributed by atoms with E-state index in [4.69, 9.17) is 0 Å². The molecule has 1 aliphatic carbocycles. The molecular weight excluding hydrogens is 600 g/mol. The number of nitrogens with zero attached hydrogens (tertiary/aromatic N) is 2. The van der Waals surface area contributed by atoms with Crippen molar-refractivity contribution < 1.29 is 22.8 Å². The van der Waals surface area contributed by atoms with E-state index in [0.29, 0.717) is 0 Å². The van der Waals surface area contributed by atoms with Gasteiger partial charge >= 0.3 is 27.5 Å². The third-order valence-electron chi connectivity index (χ3n) is 6.87. The third kappa shape index (κ3) is 8.42. The average Bonchev–Trinajstić information content (AvgIpc) is 2.95. The molecule has 0 unspecified atom stereocenters. The Balaban J connectivity index is 0.000000628. The summed E-state index contributed by atoms with van der Waals surface area (Å²) < 4.78 is 0. The van der Waals surface area contributed by atoms with Gasteiger partial charge in [-0.05, 0) is 54.4 Å². The molecule has 4 nitrogen and oxygen atoms in total. The molecule has 0 N–H and O–H groups in total. The van der Waals surface area contributed by atoms with E-state index in [1.807, 2.05) is 38.1 Å². The van der Waals surface area contributed by atoms with E-state index in [2.05, 4.69) is 55.3 Å². The number of hydrogen-bond donors (Lipinski definition) is 0. The van der Waals surface area contributed by atoms with Crippen LogP contribution >= 0.6 is 9.58 Å². The number of aryl methyl sites for hydroxylation is 1. The van der Waals surface area contributed by atoms with E-state index in [1.54, 1.807) is 6.07 Å². The molecule has 0 radical (unpaired) electrons. The van der Waals surface area contributed by atoms with Crippen molar-refractivity contribution >= 4 is 26.7 Å². The number of nitro benzene ring substituents is 1. The Morgan fingerprint density at radius 2 is 1.38 bits per heavy atom. The first-order valence-corrected chi connectivity index (χ1v) is 13.5. The summed E-state index contributed by atoms with van der Waals surface area (Å²) in [6.07, 6.45) is 0. The molecule has 0 aromatic heterocycles. The van der Waals surface area contributed by atoms with Crippen molar-refractivity contribution in [1.82, 2.24) is 0 Å². The average molecular weight is 636 g/mol. The van der Waals surface area contributed by atoms with E-state index >= 15 is 0 Å². The predicted octanol–water partition coefficient (Wildman–Crippen LogP) is 8.16. The molecule has 3 rings (SSSR count). The fourth-order valence-corrected chi connectivity index (χ4v) is 4.02. The van der Waals surface area contributed by atoms with Gasteiger partial charge in [0.1, 0.15) is 0 Å². The van der Waals surface area contributed by atoms with Crippen molar-refractivity contribution in [2.45, 2.75) is 48.5 Å². The van der Waals surface area contributed by atoms with E-state index in [9.17, 15) is 10.1 Å². The van der Waals surface area contributed by atoms with Gasteiger partial charge in [-0.25, -0.2) is 0 Å². The molecule has 0 atom stereocenters. The van der Waals surface area contributed by atoms with Crippen LogP contribution in [-0.2, 0) is 17.9 Å². The molecule has 1 aliphatic rings. The first kappa shape index (κ1) is 30.4. The summed E-state index contributed by atoms with van der Waals surface area (Å²) in [6, 6.07) is 15.2. The van der Waals surface area contributed by atoms with Crippen LogP contribution in [-0.4, -0.2) is 10.6 Å². The SMILES string of the molecule is CC(=Nc1ccc(C)cc1)c1[c-]cc([N+](=O)[O-])cc1.CC1C(C)C(C)C(C)C1C.[CH3-].[Cl][Ir+2]. The Labute approximate surface area is 209 Å². The van der Waals surface area contributed by atoms with Gasteiger partial charge in [0.25, 0.3) is 0 Å². The fraction of sp³-hybridized carbons (Fsp3) is 0.462. The summed E-state index contributed by atoms with van der Waals surface area (Å²) in [6.45, 7) is 15.9. The zero-order chi connectivity index (χ0) is 23.7. The third-order valence-corrected chi connectivity index (χ3v) is 6.87. The monoisotopic (exact) mass is 636 g/mol. The van der Waals surface area contributed by atoms with Crippen LogP contribution in [0.3, 0.4) is 0 Å². The van der Waals surface area contributed by atoms with Gasteiger partial charge in [-0.15, -0.1) is 17.7 Å². The topological polar surface area (TPSA) is 55.5 Å². The van der Waals surface area contributed by atoms with Crippen LogP contribution < -0.4 is 0 Å². The number of hydrogen-bond acceptors (Lipinski definition) is 3. The van der Waals surface area contributed by atoms with Crippen LogP contribution in [0.2, 0.25) is 0 Å². The first-order chi connectivity index (χ1) is 14.6. The van der Waals surface area contributed by atoms with Crippen LogP contribution in [0.4, 0.5) is 11.4 Å². The van der Waals surface area contributed by atoms with Crippen LogP contribution in [0.1, 0.15) is 52.7 Å². The number of halogens is 1. The van der Waals surface area contributed by atoms with Crippen molar-refractivity contribution in [2.24, 2.45) is 34.6 Å². The van der Waals surface area contributed by atoms with Crippen molar-refractivity contribution in [3.05, 3.63) is 77.2 Å². The quantitative estimate of drug-likeness (QED) is 0.148. The number of aliphatic imine (C=N–C) groups is 1. The second kappa shape index (κ2) is 14.6. The van der Waals surface area contributed by atoms with Gasteiger partial charge in [0.05, 0.1) is 5.69 Å². The summed E-state index contributed by atoms with van der Waals surface area (Å²) >= 11 is 1.47. The molecule has 0 aliphatic heterocycles. The second-order valence-electron chi connectivity index (χ2n) is 8.55. The minimum absolute atomic E-state index is 0. The van der Waals surface area contributed by atoms with Gasteiger partial charge in [0.2, 0.25) is 0 Å². The molecule has 32 heavy (non-hydrogen) atoms. The molecule has 0 saturated heterocycles. The Bertz CT molecular complexity index is 808. The maximum absolute atomic E-state index is 10.6. The van der Waals surface area contributed by atoms with Gasteiger partial charge in [-0.1, -0.05) is 71.4 Å². The van der Waals surface area contributed by atoms with Gasteiger partial charge in [0, 0.05) is 4.92 Å². The summed E-state index contributed by atoms with van der Waals surface area (Å²) in [4.78, 5) is 14.6. The first-order valence-electron chi connectivity index (χ1n) is 10.5. The summed E-state index contributed by atoms with van der Waals surface area (Å²) in [7, 11) is 4.64. The van der Waals surface area contributed by atoms with Gasteiger partial charge in [-0.2, -0.15) is 0 Å². The van der Waals surface area contributed by atoms with Gasteiger partial charge in [-0.3, -0.25) is 10.1 Å². The molecule has 2 aromatic carbocycles. The second-order valence-corrected chi connectivity index (χ2v) is 8.55. The fourth-order valence-electron chi connectivity index (χ4n) is 4.02. The van der Waals surface area contributed by atoms with Crippen molar-refractivity contribution in [1.29, 1.82) is 0 Å². The standard InChI is InChI=1S/C15H13N2O2.C10H20.CH3.ClH.Ir/c1-11-3-7-14(8-4-11)16-12(2)13-5-9-15(10-6-13)17(18)19;1-6-7(2)9(4)10(5)8(6)3;;;/h3-5,7-10H,1-2H3;6-10H,1-5H3;1H3;1H;/q-1;;-1;;+3/p-1. The van der Waals surface area contributed by atoms with E-state index < -0.39 is 4.92 Å². The summed E-state index contributed by atoms with van der Waals surface area (Å²) in [5.74, 6) is 4.68. The van der Waals surface area contributed by atoms with E-state index in [-0.39, 0.29) is 13.1 Å². The Morgan fingerprint density at radius 3 is 1.72 bits per heavy atom. The van der Waals surface area contributed by atoms with Crippen LogP contribution in [0.5, 0.6) is 0 Å². The normalized spacial score (nSPS) is 24.3. The zero-order valence-corrected chi connectivity index (χ0v) is 23.5. The maximum atomic E-state index is 10.6. The number of nitro groups is 1. The van der Waals surface area contributed by atoms with Crippen LogP contribution in [0.15, 0.2) is 47.5 Å². The number of non-ortho nitro benzene ring substituents is 1. The van der Waals surface area contributed by atoms with E-state index in [1.165, 1.54) is 35.6 Å². The van der Waals surface area contributed by atoms with Gasteiger partial charge in [0.15, 0.2) is 5.69 Å². The Morgan fingerprint density at radius 1 is 0.938 bits per heavy atom. The van der Waals surface area contributed by atoms with E-state index in [0.717, 1.165) is 46.6 Å². The Kier molecular flexibility index (Phi) is 13.9. The molecule has 0 spiro atoms. The van der Waals surface area contributed by atoms with Crippen molar-refractivity contribution in [2.75, 3.05) is 0 Å². The molecule has 0 bridgehead atoms. The molecule has 1 fully saturated rings. The number of rotatable bonds is 3. The molecule has 178 valence electrons. The van der Waals surface area contributed by atoms with Crippen LogP contribution in [0, 0.1) is 60.1 Å². The van der Waals surface area contributed by atoms with Crippen molar-refractivity contribution in [3.8, 4) is 0 Å². The van der Waals surface area contributed by atoms with Crippen LogP contribution in [0.25, 0.3) is 0 Å². The molecule has 2 aromatic rings. The summed E-state index contributed by atoms with van der Waals surface area (Å²) in [5, 5.41) is 10.6. The minimum atomic E-state index is -0.438. The molecule has 6 heteroatoms. The van der Waals surface area contributed by atoms with Gasteiger partial charge < -0.3 is 12.4 Å². The van der Waals surface area contributed by atoms with Crippen molar-refractivity contribution in [3.63, 3.8) is 0 Å². The molecule has 1 saturated carbocycles. The summed E-state index contributed by atoms with van der Waals surface area (Å²) in [5.41, 5.74) is 3.60. The number of benzene rings is 2.